The first-order valence-electron chi connectivity index (χ1n) is 6.68. The molecule has 2 amide bonds. The molecule has 0 aliphatic rings. The Bertz CT molecular complexity index is 737. The van der Waals surface area contributed by atoms with E-state index in [4.69, 9.17) is 9.68 Å². The molecule has 126 valence electrons. The van der Waals surface area contributed by atoms with Crippen LogP contribution in [-0.2, 0) is 6.54 Å². The van der Waals surface area contributed by atoms with Crippen molar-refractivity contribution in [2.24, 2.45) is 0 Å². The van der Waals surface area contributed by atoms with Crippen molar-refractivity contribution in [3.63, 3.8) is 0 Å². The monoisotopic (exact) mass is 339 g/mol. The molecule has 9 heteroatoms. The fourth-order valence-corrected chi connectivity index (χ4v) is 1.74. The molecule has 2 N–H and O–H groups in total. The third kappa shape index (κ3) is 5.24. The van der Waals surface area contributed by atoms with Crippen LogP contribution in [0.3, 0.4) is 0 Å². The van der Waals surface area contributed by atoms with E-state index in [0.717, 1.165) is 0 Å². The second kappa shape index (κ2) is 7.41. The summed E-state index contributed by atoms with van der Waals surface area (Å²) in [6, 6.07) is 8.26. The zero-order chi connectivity index (χ0) is 17.6. The number of hydrogen-bond acceptors (Lipinski definition) is 4. The van der Waals surface area contributed by atoms with E-state index < -0.39 is 18.8 Å². The number of rotatable bonds is 5. The molecule has 0 unspecified atom stereocenters. The molecule has 2 aromatic rings. The number of alkyl halides is 3. The van der Waals surface area contributed by atoms with Gasteiger partial charge in [-0.05, 0) is 30.3 Å². The van der Waals surface area contributed by atoms with Gasteiger partial charge in [0.15, 0.2) is 6.61 Å². The summed E-state index contributed by atoms with van der Waals surface area (Å²) in [5, 5.41) is 14.0. The molecule has 0 aliphatic carbocycles. The molecule has 0 saturated carbocycles. The van der Waals surface area contributed by atoms with Gasteiger partial charge < -0.3 is 19.8 Å². The summed E-state index contributed by atoms with van der Waals surface area (Å²) in [5.41, 5.74) is 0.117. The Morgan fingerprint density at radius 1 is 1.33 bits per heavy atom. The van der Waals surface area contributed by atoms with E-state index >= 15 is 0 Å². The minimum Gasteiger partial charge on any atom is -0.483 e. The van der Waals surface area contributed by atoms with Gasteiger partial charge in [-0.15, -0.1) is 0 Å². The van der Waals surface area contributed by atoms with Crippen LogP contribution in [0, 0.1) is 11.3 Å². The van der Waals surface area contributed by atoms with Crippen molar-refractivity contribution in [2.45, 2.75) is 12.7 Å². The molecular weight excluding hydrogens is 327 g/mol. The number of halogens is 3. The van der Waals surface area contributed by atoms with Crippen molar-refractivity contribution < 1.29 is 27.1 Å². The second-order valence-electron chi connectivity index (χ2n) is 4.61. The largest absolute Gasteiger partial charge is 0.483 e. The molecule has 0 fully saturated rings. The smallest absolute Gasteiger partial charge is 0.422 e. The number of nitriles is 1. The van der Waals surface area contributed by atoms with Crippen LogP contribution < -0.4 is 15.4 Å². The van der Waals surface area contributed by atoms with Crippen molar-refractivity contribution in [2.75, 3.05) is 11.9 Å². The first kappa shape index (κ1) is 17.2. The molecule has 24 heavy (non-hydrogen) atoms. The molecule has 0 aliphatic heterocycles. The fourth-order valence-electron chi connectivity index (χ4n) is 1.74. The number of carbonyl (C=O) groups is 1. The van der Waals surface area contributed by atoms with Gasteiger partial charge in [-0.3, -0.25) is 0 Å². The van der Waals surface area contributed by atoms with E-state index in [0.29, 0.717) is 5.76 Å². The van der Waals surface area contributed by atoms with Gasteiger partial charge in [0.2, 0.25) is 0 Å². The Morgan fingerprint density at radius 3 is 2.75 bits per heavy atom. The van der Waals surface area contributed by atoms with Crippen LogP contribution in [0.25, 0.3) is 0 Å². The lowest BCUT2D eigenvalue weighted by molar-refractivity contribution is -0.153. The molecule has 1 aromatic heterocycles. The maximum Gasteiger partial charge on any atom is 0.422 e. The van der Waals surface area contributed by atoms with E-state index in [1.54, 1.807) is 18.2 Å². The van der Waals surface area contributed by atoms with Crippen molar-refractivity contribution in [3.05, 3.63) is 47.9 Å². The highest BCUT2D eigenvalue weighted by molar-refractivity contribution is 5.89. The zero-order valence-electron chi connectivity index (χ0n) is 12.2. The predicted molar refractivity (Wildman–Crippen MR) is 77.3 cm³/mol. The Balaban J connectivity index is 1.96. The fraction of sp³-hybridized carbons (Fsp3) is 0.200. The molecule has 1 aromatic carbocycles. The highest BCUT2D eigenvalue weighted by Crippen LogP contribution is 2.24. The number of anilines is 1. The number of urea groups is 1. The third-order valence-corrected chi connectivity index (χ3v) is 2.75. The van der Waals surface area contributed by atoms with E-state index in [1.807, 2.05) is 0 Å². The summed E-state index contributed by atoms with van der Waals surface area (Å²) in [7, 11) is 0. The van der Waals surface area contributed by atoms with Gasteiger partial charge in [-0.25, -0.2) is 4.79 Å². The van der Waals surface area contributed by atoms with Crippen LogP contribution in [0.5, 0.6) is 5.75 Å². The van der Waals surface area contributed by atoms with Gasteiger partial charge in [-0.2, -0.15) is 18.4 Å². The van der Waals surface area contributed by atoms with Crippen molar-refractivity contribution >= 4 is 11.7 Å². The molecule has 0 atom stereocenters. The van der Waals surface area contributed by atoms with E-state index in [9.17, 15) is 18.0 Å². The Kier molecular flexibility index (Phi) is 5.31. The van der Waals surface area contributed by atoms with Crippen LogP contribution in [0.4, 0.5) is 23.7 Å². The van der Waals surface area contributed by atoms with E-state index in [1.165, 1.54) is 24.5 Å². The molecule has 0 bridgehead atoms. The topological polar surface area (TPSA) is 87.3 Å². The Labute approximate surface area is 134 Å². The lowest BCUT2D eigenvalue weighted by atomic mass is 10.2. The molecule has 6 nitrogen and oxygen atoms in total. The van der Waals surface area contributed by atoms with Crippen molar-refractivity contribution in [3.8, 4) is 11.8 Å². The standard InChI is InChI=1S/C15H12F3N3O3/c16-15(17,18)9-24-13-4-3-11(6-10(13)7-19)21-14(22)20-8-12-2-1-5-23-12/h1-6H,8-9H2,(H2,20,21,22). The van der Waals surface area contributed by atoms with Crippen LogP contribution >= 0.6 is 0 Å². The van der Waals surface area contributed by atoms with Gasteiger partial charge in [-0.1, -0.05) is 0 Å². The number of amides is 2. The summed E-state index contributed by atoms with van der Waals surface area (Å²) in [6.45, 7) is -1.34. The molecular formula is C15H12F3N3O3. The Morgan fingerprint density at radius 2 is 2.12 bits per heavy atom. The van der Waals surface area contributed by atoms with Crippen LogP contribution in [0.2, 0.25) is 0 Å². The van der Waals surface area contributed by atoms with Gasteiger partial charge in [0, 0.05) is 5.69 Å². The minimum atomic E-state index is -4.50. The van der Waals surface area contributed by atoms with Gasteiger partial charge in [0.25, 0.3) is 0 Å². The first-order valence-corrected chi connectivity index (χ1v) is 6.68. The van der Waals surface area contributed by atoms with Crippen LogP contribution in [-0.4, -0.2) is 18.8 Å². The molecule has 0 saturated heterocycles. The quantitative estimate of drug-likeness (QED) is 0.874. The Hall–Kier alpha value is -3.15. The molecule has 1 heterocycles. The SMILES string of the molecule is N#Cc1cc(NC(=O)NCc2ccco2)ccc1OCC(F)(F)F. The summed E-state index contributed by atoms with van der Waals surface area (Å²) in [6.07, 6.45) is -3.04. The normalized spacial score (nSPS) is 10.8. The van der Waals surface area contributed by atoms with Gasteiger partial charge in [0.1, 0.15) is 17.6 Å². The average molecular weight is 339 g/mol. The van der Waals surface area contributed by atoms with Crippen LogP contribution in [0.15, 0.2) is 41.0 Å². The van der Waals surface area contributed by atoms with Gasteiger partial charge >= 0.3 is 12.2 Å². The number of nitrogens with one attached hydrogen (secondary N) is 2. The van der Waals surface area contributed by atoms with Crippen LogP contribution in [0.1, 0.15) is 11.3 Å². The number of benzene rings is 1. The number of hydrogen-bond donors (Lipinski definition) is 2. The third-order valence-electron chi connectivity index (χ3n) is 2.75. The second-order valence-corrected chi connectivity index (χ2v) is 4.61. The predicted octanol–water partition coefficient (Wildman–Crippen LogP) is 3.41. The number of nitrogens with zero attached hydrogens (tertiary/aromatic N) is 1. The molecule has 0 radical (unpaired) electrons. The number of carbonyl (C=O) groups excluding carboxylic acids is 1. The highest BCUT2D eigenvalue weighted by atomic mass is 19.4. The van der Waals surface area contributed by atoms with Crippen molar-refractivity contribution in [1.29, 1.82) is 5.26 Å². The van der Waals surface area contributed by atoms with E-state index in [-0.39, 0.29) is 23.5 Å². The maximum atomic E-state index is 12.1. The zero-order valence-corrected chi connectivity index (χ0v) is 12.2. The van der Waals surface area contributed by atoms with Crippen molar-refractivity contribution in [1.82, 2.24) is 5.32 Å². The maximum absolute atomic E-state index is 12.1. The number of furan rings is 1. The van der Waals surface area contributed by atoms with Gasteiger partial charge in [0.05, 0.1) is 18.4 Å². The highest BCUT2D eigenvalue weighted by Gasteiger charge is 2.28. The minimum absolute atomic E-state index is 0.122. The summed E-state index contributed by atoms with van der Waals surface area (Å²) in [4.78, 5) is 11.7. The lowest BCUT2D eigenvalue weighted by Crippen LogP contribution is -2.28. The average Bonchev–Trinajstić information content (AvgIpc) is 3.04. The van der Waals surface area contributed by atoms with E-state index in [2.05, 4.69) is 15.4 Å². The summed E-state index contributed by atoms with van der Waals surface area (Å²) in [5.74, 6) is 0.343. The summed E-state index contributed by atoms with van der Waals surface area (Å²) < 4.78 is 46.1. The lowest BCUT2D eigenvalue weighted by Gasteiger charge is -2.12. The molecule has 0 spiro atoms. The molecule has 2 rings (SSSR count). The summed E-state index contributed by atoms with van der Waals surface area (Å²) >= 11 is 0. The first-order chi connectivity index (χ1) is 11.4. The number of ether oxygens (including phenoxy) is 1.